The van der Waals surface area contributed by atoms with Crippen molar-refractivity contribution < 1.29 is 4.79 Å². The van der Waals surface area contributed by atoms with E-state index in [4.69, 9.17) is 5.73 Å². The van der Waals surface area contributed by atoms with Crippen LogP contribution < -0.4 is 5.73 Å². The van der Waals surface area contributed by atoms with Gasteiger partial charge in [-0.2, -0.15) is 0 Å². The van der Waals surface area contributed by atoms with Crippen molar-refractivity contribution in [2.75, 3.05) is 6.54 Å². The van der Waals surface area contributed by atoms with E-state index >= 15 is 0 Å². The number of aryl methyl sites for hydroxylation is 1. The highest BCUT2D eigenvalue weighted by molar-refractivity contribution is 5.97. The van der Waals surface area contributed by atoms with Gasteiger partial charge in [0.2, 0.25) is 0 Å². The summed E-state index contributed by atoms with van der Waals surface area (Å²) in [6.45, 7) is 6.91. The Morgan fingerprint density at radius 1 is 1.29 bits per heavy atom. The fourth-order valence-corrected chi connectivity index (χ4v) is 2.19. The monoisotopic (exact) mass is 233 g/mol. The van der Waals surface area contributed by atoms with E-state index in [-0.39, 0.29) is 5.78 Å². The summed E-state index contributed by atoms with van der Waals surface area (Å²) in [5, 5.41) is 0. The third-order valence-electron chi connectivity index (χ3n) is 3.06. The molecule has 0 radical (unpaired) electrons. The molecule has 1 aromatic rings. The molecule has 0 fully saturated rings. The van der Waals surface area contributed by atoms with Crippen molar-refractivity contribution >= 4 is 5.78 Å². The van der Waals surface area contributed by atoms with E-state index in [2.05, 4.69) is 13.8 Å². The molecule has 2 heteroatoms. The molecule has 1 rings (SSSR count). The third-order valence-corrected chi connectivity index (χ3v) is 3.06. The van der Waals surface area contributed by atoms with Crippen LogP contribution in [0.3, 0.4) is 0 Å². The third kappa shape index (κ3) is 4.31. The second kappa shape index (κ2) is 6.55. The summed E-state index contributed by atoms with van der Waals surface area (Å²) in [6, 6.07) is 7.76. The molecule has 0 aromatic heterocycles. The Labute approximate surface area is 104 Å². The van der Waals surface area contributed by atoms with Crippen LogP contribution >= 0.6 is 0 Å². The number of hydrogen-bond acceptors (Lipinski definition) is 2. The zero-order valence-electron chi connectivity index (χ0n) is 11.1. The number of hydrogen-bond donors (Lipinski definition) is 1. The molecular weight excluding hydrogens is 210 g/mol. The van der Waals surface area contributed by atoms with Crippen molar-refractivity contribution in [2.45, 2.75) is 33.6 Å². The molecule has 1 unspecified atom stereocenters. The van der Waals surface area contributed by atoms with Crippen LogP contribution in [0.1, 0.15) is 42.6 Å². The van der Waals surface area contributed by atoms with Crippen molar-refractivity contribution in [3.05, 3.63) is 35.4 Å². The SMILES string of the molecule is Cc1ccccc1C(=O)CC(CN)CC(C)C. The maximum Gasteiger partial charge on any atom is 0.163 e. The van der Waals surface area contributed by atoms with E-state index in [1.54, 1.807) is 0 Å². The molecule has 0 aliphatic heterocycles. The molecule has 0 spiro atoms. The quantitative estimate of drug-likeness (QED) is 0.767. The molecule has 1 atom stereocenters. The first-order chi connectivity index (χ1) is 8.04. The number of ketones is 1. The maximum absolute atomic E-state index is 12.2. The van der Waals surface area contributed by atoms with Crippen molar-refractivity contribution in [3.8, 4) is 0 Å². The van der Waals surface area contributed by atoms with Crippen molar-refractivity contribution in [1.82, 2.24) is 0 Å². The first kappa shape index (κ1) is 13.9. The first-order valence-corrected chi connectivity index (χ1v) is 6.33. The van der Waals surface area contributed by atoms with Gasteiger partial charge in [0, 0.05) is 12.0 Å². The van der Waals surface area contributed by atoms with Gasteiger partial charge in [-0.3, -0.25) is 4.79 Å². The number of Topliss-reactive ketones (excluding diaryl/α,β-unsaturated/α-hetero) is 1. The largest absolute Gasteiger partial charge is 0.330 e. The lowest BCUT2D eigenvalue weighted by Gasteiger charge is -2.16. The summed E-state index contributed by atoms with van der Waals surface area (Å²) in [6.07, 6.45) is 1.59. The molecule has 94 valence electrons. The van der Waals surface area contributed by atoms with E-state index in [0.717, 1.165) is 17.5 Å². The normalized spacial score (nSPS) is 12.8. The topological polar surface area (TPSA) is 43.1 Å². The van der Waals surface area contributed by atoms with Crippen molar-refractivity contribution in [2.24, 2.45) is 17.6 Å². The predicted octanol–water partition coefficient (Wildman–Crippen LogP) is 3.19. The van der Waals surface area contributed by atoms with E-state index < -0.39 is 0 Å². The van der Waals surface area contributed by atoms with Gasteiger partial charge in [-0.25, -0.2) is 0 Å². The molecular formula is C15H23NO. The highest BCUT2D eigenvalue weighted by Gasteiger charge is 2.16. The fourth-order valence-electron chi connectivity index (χ4n) is 2.19. The predicted molar refractivity (Wildman–Crippen MR) is 72.1 cm³/mol. The molecule has 1 aromatic carbocycles. The van der Waals surface area contributed by atoms with Crippen molar-refractivity contribution in [3.63, 3.8) is 0 Å². The Bertz CT molecular complexity index is 371. The van der Waals surface area contributed by atoms with Gasteiger partial charge in [-0.1, -0.05) is 38.1 Å². The number of carbonyl (C=O) groups excluding carboxylic acids is 1. The lowest BCUT2D eigenvalue weighted by molar-refractivity contribution is 0.0957. The Balaban J connectivity index is 2.68. The zero-order chi connectivity index (χ0) is 12.8. The van der Waals surface area contributed by atoms with Gasteiger partial charge < -0.3 is 5.73 Å². The van der Waals surface area contributed by atoms with Gasteiger partial charge in [0.1, 0.15) is 0 Å². The number of carbonyl (C=O) groups is 1. The van der Waals surface area contributed by atoms with Crippen LogP contribution in [0.4, 0.5) is 0 Å². The van der Waals surface area contributed by atoms with Gasteiger partial charge in [0.15, 0.2) is 5.78 Å². The molecule has 0 aliphatic carbocycles. The van der Waals surface area contributed by atoms with Crippen LogP contribution in [-0.2, 0) is 0 Å². The standard InChI is InChI=1S/C15H23NO/c1-11(2)8-13(10-16)9-15(17)14-7-5-4-6-12(14)3/h4-7,11,13H,8-10,16H2,1-3H3. The fraction of sp³-hybridized carbons (Fsp3) is 0.533. The Kier molecular flexibility index (Phi) is 5.36. The minimum Gasteiger partial charge on any atom is -0.330 e. The average Bonchev–Trinajstić information content (AvgIpc) is 2.27. The highest BCUT2D eigenvalue weighted by atomic mass is 16.1. The minimum absolute atomic E-state index is 0.221. The van der Waals surface area contributed by atoms with E-state index in [0.29, 0.717) is 24.8 Å². The minimum atomic E-state index is 0.221. The van der Waals surface area contributed by atoms with Gasteiger partial charge in [0.25, 0.3) is 0 Å². The van der Waals surface area contributed by atoms with E-state index in [1.165, 1.54) is 0 Å². The molecule has 2 nitrogen and oxygen atoms in total. The van der Waals surface area contributed by atoms with E-state index in [9.17, 15) is 4.79 Å². The van der Waals surface area contributed by atoms with E-state index in [1.807, 2.05) is 31.2 Å². The molecule has 0 amide bonds. The number of rotatable bonds is 6. The van der Waals surface area contributed by atoms with Crippen molar-refractivity contribution in [1.29, 1.82) is 0 Å². The van der Waals surface area contributed by atoms with Crippen LogP contribution in [0, 0.1) is 18.8 Å². The molecule has 17 heavy (non-hydrogen) atoms. The Morgan fingerprint density at radius 3 is 2.47 bits per heavy atom. The van der Waals surface area contributed by atoms with Crippen LogP contribution in [0.25, 0.3) is 0 Å². The molecule has 0 saturated carbocycles. The van der Waals surface area contributed by atoms with Crippen LogP contribution in [0.5, 0.6) is 0 Å². The number of nitrogens with two attached hydrogens (primary N) is 1. The summed E-state index contributed by atoms with van der Waals surface area (Å²) in [5.74, 6) is 1.12. The zero-order valence-corrected chi connectivity index (χ0v) is 11.1. The molecule has 0 bridgehead atoms. The summed E-state index contributed by atoms with van der Waals surface area (Å²) in [5.41, 5.74) is 7.63. The van der Waals surface area contributed by atoms with Gasteiger partial charge >= 0.3 is 0 Å². The van der Waals surface area contributed by atoms with Crippen LogP contribution in [-0.4, -0.2) is 12.3 Å². The molecule has 0 saturated heterocycles. The lowest BCUT2D eigenvalue weighted by atomic mass is 9.90. The molecule has 0 aliphatic rings. The average molecular weight is 233 g/mol. The summed E-state index contributed by atoms with van der Waals surface area (Å²) >= 11 is 0. The summed E-state index contributed by atoms with van der Waals surface area (Å²) in [7, 11) is 0. The maximum atomic E-state index is 12.2. The second-order valence-electron chi connectivity index (χ2n) is 5.17. The lowest BCUT2D eigenvalue weighted by Crippen LogP contribution is -2.20. The van der Waals surface area contributed by atoms with Gasteiger partial charge in [0.05, 0.1) is 0 Å². The Morgan fingerprint density at radius 2 is 1.94 bits per heavy atom. The van der Waals surface area contributed by atoms with Gasteiger partial charge in [-0.15, -0.1) is 0 Å². The first-order valence-electron chi connectivity index (χ1n) is 6.33. The number of benzene rings is 1. The van der Waals surface area contributed by atoms with Gasteiger partial charge in [-0.05, 0) is 37.3 Å². The highest BCUT2D eigenvalue weighted by Crippen LogP contribution is 2.18. The summed E-state index contributed by atoms with van der Waals surface area (Å²) < 4.78 is 0. The molecule has 2 N–H and O–H groups in total. The smallest absolute Gasteiger partial charge is 0.163 e. The Hall–Kier alpha value is -1.15. The molecule has 0 heterocycles. The van der Waals surface area contributed by atoms with Crippen LogP contribution in [0.2, 0.25) is 0 Å². The summed E-state index contributed by atoms with van der Waals surface area (Å²) in [4.78, 5) is 12.2. The second-order valence-corrected chi connectivity index (χ2v) is 5.17. The van der Waals surface area contributed by atoms with Crippen LogP contribution in [0.15, 0.2) is 24.3 Å².